The third-order valence-corrected chi connectivity index (χ3v) is 2.89. The van der Waals surface area contributed by atoms with Crippen molar-refractivity contribution in [3.05, 3.63) is 36.2 Å². The van der Waals surface area contributed by atoms with Crippen molar-refractivity contribution in [2.24, 2.45) is 0 Å². The highest BCUT2D eigenvalue weighted by Gasteiger charge is 2.13. The molecule has 0 radical (unpaired) electrons. The molecule has 1 heterocycles. The summed E-state index contributed by atoms with van der Waals surface area (Å²) in [5.74, 6) is 1.32. The molecular weight excluding hydrogens is 278 g/mol. The van der Waals surface area contributed by atoms with Gasteiger partial charge in [0.1, 0.15) is 23.7 Å². The first-order chi connectivity index (χ1) is 10.2. The van der Waals surface area contributed by atoms with Crippen LogP contribution in [0.25, 0.3) is 0 Å². The fourth-order valence-electron chi connectivity index (χ4n) is 1.97. The van der Waals surface area contributed by atoms with Gasteiger partial charge < -0.3 is 15.4 Å². The van der Waals surface area contributed by atoms with Crippen molar-refractivity contribution in [3.8, 4) is 5.75 Å². The van der Waals surface area contributed by atoms with Crippen molar-refractivity contribution in [1.29, 1.82) is 0 Å². The number of nitrogens with zero attached hydrogens (tertiary/aromatic N) is 2. The van der Waals surface area contributed by atoms with Gasteiger partial charge in [0.25, 0.3) is 0 Å². The van der Waals surface area contributed by atoms with Gasteiger partial charge in [0.15, 0.2) is 0 Å². The standard InChI is InChI=1S/C14H16F2N4O/c1-3-9-12(17-2)18-8-19-13(9)20-10-6-4-5-7-11(10)21-14(15)16/h4-8,14H,3H2,1-2H3,(H2,17,18,19,20). The maximum absolute atomic E-state index is 12.4. The van der Waals surface area contributed by atoms with Crippen molar-refractivity contribution < 1.29 is 13.5 Å². The van der Waals surface area contributed by atoms with Gasteiger partial charge >= 0.3 is 6.61 Å². The number of rotatable bonds is 6. The minimum atomic E-state index is -2.88. The first-order valence-corrected chi connectivity index (χ1v) is 6.48. The minimum Gasteiger partial charge on any atom is -0.433 e. The van der Waals surface area contributed by atoms with Crippen LogP contribution in [0.4, 0.5) is 26.1 Å². The third kappa shape index (κ3) is 3.56. The molecule has 2 rings (SSSR count). The van der Waals surface area contributed by atoms with Gasteiger partial charge in [0, 0.05) is 12.6 Å². The number of benzene rings is 1. The van der Waals surface area contributed by atoms with Crippen LogP contribution in [0.2, 0.25) is 0 Å². The average molecular weight is 294 g/mol. The molecule has 5 nitrogen and oxygen atoms in total. The van der Waals surface area contributed by atoms with Gasteiger partial charge in [-0.25, -0.2) is 9.97 Å². The maximum Gasteiger partial charge on any atom is 0.387 e. The Hall–Kier alpha value is -2.44. The Morgan fingerprint density at radius 1 is 1.19 bits per heavy atom. The summed E-state index contributed by atoms with van der Waals surface area (Å²) >= 11 is 0. The van der Waals surface area contributed by atoms with Crippen LogP contribution in [0.1, 0.15) is 12.5 Å². The van der Waals surface area contributed by atoms with Crippen molar-refractivity contribution in [1.82, 2.24) is 9.97 Å². The molecule has 0 aliphatic carbocycles. The number of halogens is 2. The summed E-state index contributed by atoms with van der Waals surface area (Å²) < 4.78 is 29.3. The summed E-state index contributed by atoms with van der Waals surface area (Å²) in [5, 5.41) is 6.00. The Balaban J connectivity index is 2.34. The Bertz CT molecular complexity index is 607. The Morgan fingerprint density at radius 2 is 1.90 bits per heavy atom. The van der Waals surface area contributed by atoms with Gasteiger partial charge in [0.05, 0.1) is 5.69 Å². The third-order valence-electron chi connectivity index (χ3n) is 2.89. The molecule has 21 heavy (non-hydrogen) atoms. The summed E-state index contributed by atoms with van der Waals surface area (Å²) in [6, 6.07) is 6.48. The van der Waals surface area contributed by atoms with Gasteiger partial charge in [-0.1, -0.05) is 19.1 Å². The number of hydrogen-bond donors (Lipinski definition) is 2. The molecule has 0 aliphatic heterocycles. The van der Waals surface area contributed by atoms with E-state index < -0.39 is 6.61 Å². The van der Waals surface area contributed by atoms with Crippen molar-refractivity contribution >= 4 is 17.3 Å². The SMILES string of the molecule is CCc1c(NC)ncnc1Nc1ccccc1OC(F)F. The van der Waals surface area contributed by atoms with Crippen LogP contribution in [0, 0.1) is 0 Å². The first-order valence-electron chi connectivity index (χ1n) is 6.48. The lowest BCUT2D eigenvalue weighted by atomic mass is 10.2. The molecule has 112 valence electrons. The molecule has 0 fully saturated rings. The molecule has 2 N–H and O–H groups in total. The Labute approximate surface area is 121 Å². The summed E-state index contributed by atoms with van der Waals surface area (Å²) in [6.45, 7) is -0.913. The summed E-state index contributed by atoms with van der Waals surface area (Å²) in [5.41, 5.74) is 1.29. The van der Waals surface area contributed by atoms with Crippen LogP contribution in [0.5, 0.6) is 5.75 Å². The molecule has 0 bridgehead atoms. The van der Waals surface area contributed by atoms with E-state index in [0.717, 1.165) is 5.56 Å². The van der Waals surface area contributed by atoms with E-state index >= 15 is 0 Å². The van der Waals surface area contributed by atoms with E-state index in [1.165, 1.54) is 12.4 Å². The van der Waals surface area contributed by atoms with Gasteiger partial charge in [-0.05, 0) is 18.6 Å². The van der Waals surface area contributed by atoms with Crippen LogP contribution in [-0.2, 0) is 6.42 Å². The summed E-state index contributed by atoms with van der Waals surface area (Å²) in [4.78, 5) is 8.30. The predicted octanol–water partition coefficient (Wildman–Crippen LogP) is 3.43. The smallest absolute Gasteiger partial charge is 0.387 e. The lowest BCUT2D eigenvalue weighted by Gasteiger charge is -2.15. The van der Waals surface area contributed by atoms with Crippen LogP contribution in [-0.4, -0.2) is 23.6 Å². The topological polar surface area (TPSA) is 59.1 Å². The van der Waals surface area contributed by atoms with Gasteiger partial charge in [-0.2, -0.15) is 8.78 Å². The summed E-state index contributed by atoms with van der Waals surface area (Å²) in [7, 11) is 1.76. The Kier molecular flexibility index (Phi) is 4.86. The molecule has 2 aromatic rings. The van der Waals surface area contributed by atoms with Crippen molar-refractivity contribution in [2.45, 2.75) is 20.0 Å². The molecule has 0 spiro atoms. The second-order valence-corrected chi connectivity index (χ2v) is 4.15. The largest absolute Gasteiger partial charge is 0.433 e. The second kappa shape index (κ2) is 6.83. The fourth-order valence-corrected chi connectivity index (χ4v) is 1.97. The van der Waals surface area contributed by atoms with E-state index in [2.05, 4.69) is 25.3 Å². The number of para-hydroxylation sites is 2. The number of nitrogens with one attached hydrogen (secondary N) is 2. The quantitative estimate of drug-likeness (QED) is 0.855. The Morgan fingerprint density at radius 3 is 2.57 bits per heavy atom. The van der Waals surface area contributed by atoms with E-state index in [-0.39, 0.29) is 5.75 Å². The molecule has 0 atom stereocenters. The maximum atomic E-state index is 12.4. The van der Waals surface area contributed by atoms with Crippen LogP contribution < -0.4 is 15.4 Å². The number of hydrogen-bond acceptors (Lipinski definition) is 5. The highest BCUT2D eigenvalue weighted by atomic mass is 19.3. The van der Waals surface area contributed by atoms with Crippen LogP contribution in [0.3, 0.4) is 0 Å². The molecule has 7 heteroatoms. The van der Waals surface area contributed by atoms with Crippen molar-refractivity contribution in [2.75, 3.05) is 17.7 Å². The lowest BCUT2D eigenvalue weighted by Crippen LogP contribution is -2.07. The molecule has 0 amide bonds. The van der Waals surface area contributed by atoms with Crippen LogP contribution >= 0.6 is 0 Å². The molecule has 1 aromatic carbocycles. The van der Waals surface area contributed by atoms with E-state index in [9.17, 15) is 8.78 Å². The zero-order valence-electron chi connectivity index (χ0n) is 11.7. The monoisotopic (exact) mass is 294 g/mol. The molecule has 0 unspecified atom stereocenters. The number of alkyl halides is 2. The molecule has 0 saturated carbocycles. The van der Waals surface area contributed by atoms with Gasteiger partial charge in [-0.15, -0.1) is 0 Å². The zero-order chi connectivity index (χ0) is 15.2. The van der Waals surface area contributed by atoms with Crippen molar-refractivity contribution in [3.63, 3.8) is 0 Å². The average Bonchev–Trinajstić information content (AvgIpc) is 2.48. The molecule has 0 aliphatic rings. The highest BCUT2D eigenvalue weighted by Crippen LogP contribution is 2.30. The van der Waals surface area contributed by atoms with E-state index in [4.69, 9.17) is 0 Å². The number of aromatic nitrogens is 2. The minimum absolute atomic E-state index is 0.0687. The van der Waals surface area contributed by atoms with E-state index in [1.54, 1.807) is 25.2 Å². The number of anilines is 3. The number of ether oxygens (including phenoxy) is 1. The fraction of sp³-hybridized carbons (Fsp3) is 0.286. The first kappa shape index (κ1) is 15.0. The second-order valence-electron chi connectivity index (χ2n) is 4.15. The molecular formula is C14H16F2N4O. The van der Waals surface area contributed by atoms with Crippen LogP contribution in [0.15, 0.2) is 30.6 Å². The summed E-state index contributed by atoms with van der Waals surface area (Å²) in [6.07, 6.45) is 2.10. The molecule has 1 aromatic heterocycles. The van der Waals surface area contributed by atoms with Gasteiger partial charge in [-0.3, -0.25) is 0 Å². The normalized spacial score (nSPS) is 10.5. The highest BCUT2D eigenvalue weighted by molar-refractivity contribution is 5.68. The predicted molar refractivity (Wildman–Crippen MR) is 77.3 cm³/mol. The van der Waals surface area contributed by atoms with Gasteiger partial charge in [0.2, 0.25) is 0 Å². The van der Waals surface area contributed by atoms with E-state index in [0.29, 0.717) is 23.7 Å². The molecule has 0 saturated heterocycles. The zero-order valence-corrected chi connectivity index (χ0v) is 11.7. The lowest BCUT2D eigenvalue weighted by molar-refractivity contribution is -0.0493. The van der Waals surface area contributed by atoms with E-state index in [1.807, 2.05) is 6.92 Å².